The summed E-state index contributed by atoms with van der Waals surface area (Å²) in [7, 11) is 4.07. The number of hydrazone groups is 1. The van der Waals surface area contributed by atoms with Gasteiger partial charge in [0.05, 0.1) is 5.69 Å². The molecule has 0 unspecified atom stereocenters. The smallest absolute Gasteiger partial charge is 0.127 e. The number of likely N-dealkylation sites (N-methyl/N-ethyl adjacent to an activating group) is 1. The van der Waals surface area contributed by atoms with Gasteiger partial charge < -0.3 is 19.3 Å². The molecule has 3 aromatic rings. The van der Waals surface area contributed by atoms with Crippen LogP contribution in [0.25, 0.3) is 0 Å². The number of para-hydroxylation sites is 1. The molecule has 0 bridgehead atoms. The highest BCUT2D eigenvalue weighted by Gasteiger charge is 2.17. The highest BCUT2D eigenvalue weighted by atomic mass is 16.5. The van der Waals surface area contributed by atoms with Crippen LogP contribution in [-0.2, 0) is 0 Å². The summed E-state index contributed by atoms with van der Waals surface area (Å²) in [5, 5.41) is 6.48. The van der Waals surface area contributed by atoms with E-state index in [-0.39, 0.29) is 0 Å². The van der Waals surface area contributed by atoms with Crippen LogP contribution in [0.1, 0.15) is 0 Å². The largest absolute Gasteiger partial charge is 0.492 e. The minimum Gasteiger partial charge on any atom is -0.492 e. The van der Waals surface area contributed by atoms with Crippen LogP contribution in [0.5, 0.6) is 17.2 Å². The van der Waals surface area contributed by atoms with E-state index in [2.05, 4.69) is 27.0 Å². The molecule has 6 nitrogen and oxygen atoms in total. The van der Waals surface area contributed by atoms with Gasteiger partial charge in [-0.2, -0.15) is 5.10 Å². The Kier molecular flexibility index (Phi) is 6.15. The lowest BCUT2D eigenvalue weighted by Gasteiger charge is -2.19. The molecule has 0 saturated carbocycles. The fourth-order valence-electron chi connectivity index (χ4n) is 3.03. The van der Waals surface area contributed by atoms with Gasteiger partial charge in [-0.15, -0.1) is 0 Å². The summed E-state index contributed by atoms with van der Waals surface area (Å²) in [6.07, 6.45) is 1.84. The molecule has 0 atom stereocenters. The maximum Gasteiger partial charge on any atom is 0.127 e. The number of nitrogens with zero attached hydrogens (tertiary/aromatic N) is 4. The lowest BCUT2D eigenvalue weighted by molar-refractivity contribution is 0.261. The standard InChI is InChI=1S/C24H26N4O2/c1-26(2)16-17-29-22-12-8-20(9-13-22)27-18-25-28(19-27)21-10-14-24(15-11-21)30-23-6-4-3-5-7-23/h3-15,18H,16-17,19H2,1-2H3. The molecule has 4 rings (SSSR count). The fourth-order valence-corrected chi connectivity index (χ4v) is 3.03. The third-order valence-electron chi connectivity index (χ3n) is 4.71. The zero-order valence-electron chi connectivity index (χ0n) is 17.3. The van der Waals surface area contributed by atoms with E-state index in [0.29, 0.717) is 13.3 Å². The van der Waals surface area contributed by atoms with Gasteiger partial charge in [-0.3, -0.25) is 0 Å². The molecule has 1 aliphatic heterocycles. The van der Waals surface area contributed by atoms with E-state index in [9.17, 15) is 0 Å². The summed E-state index contributed by atoms with van der Waals surface area (Å²) >= 11 is 0. The molecule has 0 aromatic heterocycles. The minimum atomic E-state index is 0.653. The van der Waals surface area contributed by atoms with Crippen molar-refractivity contribution in [2.45, 2.75) is 0 Å². The van der Waals surface area contributed by atoms with Crippen LogP contribution in [0.2, 0.25) is 0 Å². The highest BCUT2D eigenvalue weighted by molar-refractivity contribution is 5.83. The quantitative estimate of drug-likeness (QED) is 0.549. The second-order valence-corrected chi connectivity index (χ2v) is 7.30. The predicted octanol–water partition coefficient (Wildman–Crippen LogP) is 4.65. The first kappa shape index (κ1) is 19.8. The summed E-state index contributed by atoms with van der Waals surface area (Å²) in [4.78, 5) is 4.20. The van der Waals surface area contributed by atoms with Crippen molar-refractivity contribution in [1.29, 1.82) is 0 Å². The van der Waals surface area contributed by atoms with E-state index in [0.717, 1.165) is 35.2 Å². The first-order chi connectivity index (χ1) is 14.7. The van der Waals surface area contributed by atoms with E-state index >= 15 is 0 Å². The van der Waals surface area contributed by atoms with E-state index in [1.54, 1.807) is 0 Å². The first-order valence-electron chi connectivity index (χ1n) is 9.96. The SMILES string of the molecule is CN(C)CCOc1ccc(N2C=NN(c3ccc(Oc4ccccc4)cc3)C2)cc1. The van der Waals surface area contributed by atoms with Crippen molar-refractivity contribution >= 4 is 17.7 Å². The average molecular weight is 402 g/mol. The van der Waals surface area contributed by atoms with Crippen LogP contribution in [0.15, 0.2) is 84.0 Å². The average Bonchev–Trinajstić information content (AvgIpc) is 3.26. The molecule has 1 heterocycles. The number of anilines is 2. The molecule has 3 aromatic carbocycles. The Morgan fingerprint density at radius 3 is 2.13 bits per heavy atom. The number of benzene rings is 3. The normalized spacial score (nSPS) is 13.2. The zero-order valence-corrected chi connectivity index (χ0v) is 17.3. The fraction of sp³-hybridized carbons (Fsp3) is 0.208. The molecule has 6 heteroatoms. The van der Waals surface area contributed by atoms with Gasteiger partial charge >= 0.3 is 0 Å². The van der Waals surface area contributed by atoms with Crippen molar-refractivity contribution in [3.63, 3.8) is 0 Å². The van der Waals surface area contributed by atoms with E-state index in [1.165, 1.54) is 0 Å². The third kappa shape index (κ3) is 5.10. The molecule has 0 aliphatic carbocycles. The number of hydrogen-bond acceptors (Lipinski definition) is 6. The van der Waals surface area contributed by atoms with E-state index in [1.807, 2.05) is 92.2 Å². The molecule has 0 saturated heterocycles. The van der Waals surface area contributed by atoms with Crippen molar-refractivity contribution in [2.75, 3.05) is 43.8 Å². The van der Waals surface area contributed by atoms with Gasteiger partial charge in [-0.1, -0.05) is 18.2 Å². The predicted molar refractivity (Wildman–Crippen MR) is 122 cm³/mol. The molecule has 0 fully saturated rings. The second-order valence-electron chi connectivity index (χ2n) is 7.30. The molecule has 0 radical (unpaired) electrons. The Morgan fingerprint density at radius 1 is 0.800 bits per heavy atom. The summed E-state index contributed by atoms with van der Waals surface area (Å²) in [6, 6.07) is 25.8. The van der Waals surface area contributed by atoms with Crippen LogP contribution < -0.4 is 19.4 Å². The zero-order chi connectivity index (χ0) is 20.8. The molecule has 154 valence electrons. The summed E-state index contributed by atoms with van der Waals surface area (Å²) < 4.78 is 11.6. The molecule has 0 N–H and O–H groups in total. The lowest BCUT2D eigenvalue weighted by Crippen LogP contribution is -2.26. The maximum absolute atomic E-state index is 5.86. The van der Waals surface area contributed by atoms with Gasteiger partial charge in [-0.25, -0.2) is 5.01 Å². The molecule has 30 heavy (non-hydrogen) atoms. The molecular formula is C24H26N4O2. The van der Waals surface area contributed by atoms with Gasteiger partial charge in [-0.05, 0) is 74.8 Å². The highest BCUT2D eigenvalue weighted by Crippen LogP contribution is 2.27. The molecule has 1 aliphatic rings. The minimum absolute atomic E-state index is 0.653. The number of rotatable bonds is 8. The Morgan fingerprint density at radius 2 is 1.43 bits per heavy atom. The van der Waals surface area contributed by atoms with E-state index < -0.39 is 0 Å². The molecule has 0 amide bonds. The number of hydrogen-bond donors (Lipinski definition) is 0. The Hall–Kier alpha value is -3.51. The maximum atomic E-state index is 5.86. The Bertz CT molecular complexity index is 957. The first-order valence-corrected chi connectivity index (χ1v) is 9.96. The van der Waals surface area contributed by atoms with Crippen LogP contribution >= 0.6 is 0 Å². The van der Waals surface area contributed by atoms with Crippen molar-refractivity contribution < 1.29 is 9.47 Å². The van der Waals surface area contributed by atoms with Crippen LogP contribution in [0, 0.1) is 0 Å². The van der Waals surface area contributed by atoms with Gasteiger partial charge in [0.1, 0.15) is 36.9 Å². The number of ether oxygens (including phenoxy) is 2. The van der Waals surface area contributed by atoms with E-state index in [4.69, 9.17) is 9.47 Å². The van der Waals surface area contributed by atoms with Gasteiger partial charge in [0, 0.05) is 12.2 Å². The van der Waals surface area contributed by atoms with Crippen molar-refractivity contribution in [3.05, 3.63) is 78.9 Å². The molecule has 0 spiro atoms. The van der Waals surface area contributed by atoms with Crippen LogP contribution in [0.4, 0.5) is 11.4 Å². The topological polar surface area (TPSA) is 40.5 Å². The van der Waals surface area contributed by atoms with Gasteiger partial charge in [0.2, 0.25) is 0 Å². The van der Waals surface area contributed by atoms with Crippen molar-refractivity contribution in [1.82, 2.24) is 4.90 Å². The lowest BCUT2D eigenvalue weighted by atomic mass is 10.3. The monoisotopic (exact) mass is 402 g/mol. The Labute approximate surface area is 177 Å². The van der Waals surface area contributed by atoms with Gasteiger partial charge in [0.25, 0.3) is 0 Å². The summed E-state index contributed by atoms with van der Waals surface area (Å²) in [5.41, 5.74) is 2.09. The molecular weight excluding hydrogens is 376 g/mol. The van der Waals surface area contributed by atoms with Crippen molar-refractivity contribution in [2.24, 2.45) is 5.10 Å². The summed E-state index contributed by atoms with van der Waals surface area (Å²) in [5.74, 6) is 2.50. The van der Waals surface area contributed by atoms with Crippen molar-refractivity contribution in [3.8, 4) is 17.2 Å². The second kappa shape index (κ2) is 9.33. The Balaban J connectivity index is 1.32. The van der Waals surface area contributed by atoms with Crippen LogP contribution in [-0.4, -0.2) is 45.2 Å². The van der Waals surface area contributed by atoms with Crippen LogP contribution in [0.3, 0.4) is 0 Å². The van der Waals surface area contributed by atoms with Gasteiger partial charge in [0.15, 0.2) is 0 Å². The third-order valence-corrected chi connectivity index (χ3v) is 4.71. The summed E-state index contributed by atoms with van der Waals surface area (Å²) in [6.45, 7) is 2.22.